The van der Waals surface area contributed by atoms with Crippen molar-refractivity contribution in [2.75, 3.05) is 13.1 Å². The number of benzene rings is 3. The average molecular weight is 692 g/mol. The number of sulfonamides is 1. The maximum absolute atomic E-state index is 12.7. The molecule has 3 rings (SSSR count). The first-order chi connectivity index (χ1) is 21.8. The molecular formula is C33H42ClN3O7S2. The number of hydrogen-bond acceptors (Lipinski definition) is 8. The number of nitrogens with one attached hydrogen (secondary N) is 3. The molecule has 0 bridgehead atoms. The minimum atomic E-state index is -4.17. The highest BCUT2D eigenvalue weighted by atomic mass is 35.5. The number of carboxylic acid groups (broad SMARTS) is 1. The first-order valence-corrected chi connectivity index (χ1v) is 17.2. The Kier molecular flexibility index (Phi) is 16.8. The third-order valence-electron chi connectivity index (χ3n) is 6.55. The molecule has 0 saturated carbocycles. The van der Waals surface area contributed by atoms with Crippen LogP contribution in [0, 0.1) is 0 Å². The van der Waals surface area contributed by atoms with Crippen molar-refractivity contribution in [3.8, 4) is 11.1 Å². The highest BCUT2D eigenvalue weighted by Crippen LogP contribution is 2.27. The van der Waals surface area contributed by atoms with Crippen molar-refractivity contribution >= 4 is 52.0 Å². The molecule has 0 heterocycles. The van der Waals surface area contributed by atoms with Crippen molar-refractivity contribution in [2.24, 2.45) is 0 Å². The first kappa shape index (κ1) is 38.8. The molecule has 0 aliphatic heterocycles. The van der Waals surface area contributed by atoms with Gasteiger partial charge in [-0.25, -0.2) is 13.1 Å². The van der Waals surface area contributed by atoms with Gasteiger partial charge in [-0.15, -0.1) is 0 Å². The van der Waals surface area contributed by atoms with E-state index in [1.54, 1.807) is 30.3 Å². The van der Waals surface area contributed by atoms with Gasteiger partial charge in [-0.05, 0) is 54.7 Å². The van der Waals surface area contributed by atoms with E-state index in [1.165, 1.54) is 13.0 Å². The molecule has 0 aliphatic rings. The summed E-state index contributed by atoms with van der Waals surface area (Å²) in [5, 5.41) is 24.2. The molecule has 46 heavy (non-hydrogen) atoms. The Morgan fingerprint density at radius 3 is 2.26 bits per heavy atom. The fourth-order valence-corrected chi connectivity index (χ4v) is 5.90. The number of halogens is 1. The molecule has 3 aromatic carbocycles. The highest BCUT2D eigenvalue weighted by molar-refractivity contribution is 7.90. The molecule has 10 nitrogen and oxygen atoms in total. The van der Waals surface area contributed by atoms with E-state index in [2.05, 4.69) is 23.3 Å². The Bertz CT molecular complexity index is 1530. The second kappa shape index (κ2) is 20.0. The van der Waals surface area contributed by atoms with Crippen LogP contribution in [0.1, 0.15) is 50.7 Å². The number of amides is 2. The maximum atomic E-state index is 12.7. The van der Waals surface area contributed by atoms with Gasteiger partial charge in [-0.3, -0.25) is 14.4 Å². The van der Waals surface area contributed by atoms with Crippen molar-refractivity contribution in [1.82, 2.24) is 15.4 Å². The molecule has 3 aromatic rings. The number of aliphatic hydroxyl groups excluding tert-OH is 1. The third kappa shape index (κ3) is 14.3. The Balaban J connectivity index is 0.000000942. The lowest BCUT2D eigenvalue weighted by Gasteiger charge is -2.13. The van der Waals surface area contributed by atoms with Crippen LogP contribution in [0.15, 0.2) is 77.7 Å². The highest BCUT2D eigenvalue weighted by Gasteiger charge is 2.23. The van der Waals surface area contributed by atoms with Gasteiger partial charge in [-0.1, -0.05) is 79.5 Å². The molecule has 0 aromatic heterocycles. The number of carbonyl (C=O) groups is 3. The predicted octanol–water partition coefficient (Wildman–Crippen LogP) is 4.59. The zero-order valence-electron chi connectivity index (χ0n) is 25.9. The Morgan fingerprint density at radius 1 is 0.957 bits per heavy atom. The second-order valence-electron chi connectivity index (χ2n) is 10.6. The van der Waals surface area contributed by atoms with Crippen LogP contribution in [0.2, 0.25) is 5.02 Å². The molecule has 0 spiro atoms. The zero-order valence-corrected chi connectivity index (χ0v) is 28.4. The number of rotatable bonds is 16. The number of aliphatic hydroxyl groups is 1. The van der Waals surface area contributed by atoms with Crippen LogP contribution < -0.4 is 15.4 Å². The smallest absolute Gasteiger partial charge is 0.303 e. The fourth-order valence-electron chi connectivity index (χ4n) is 4.11. The number of aliphatic carboxylic acids is 1. The maximum Gasteiger partial charge on any atom is 0.303 e. The summed E-state index contributed by atoms with van der Waals surface area (Å²) in [6.45, 7) is 4.64. The van der Waals surface area contributed by atoms with Gasteiger partial charge >= 0.3 is 5.97 Å². The first-order valence-electron chi connectivity index (χ1n) is 14.9. The molecule has 5 N–H and O–H groups in total. The van der Waals surface area contributed by atoms with Gasteiger partial charge in [0.1, 0.15) is 6.10 Å². The molecule has 0 unspecified atom stereocenters. The van der Waals surface area contributed by atoms with E-state index in [1.807, 2.05) is 48.0 Å². The minimum Gasteiger partial charge on any atom is -0.481 e. The molecule has 0 saturated heterocycles. The lowest BCUT2D eigenvalue weighted by molar-refractivity contribution is -0.137. The van der Waals surface area contributed by atoms with E-state index in [0.29, 0.717) is 55.0 Å². The summed E-state index contributed by atoms with van der Waals surface area (Å²) in [6.07, 6.45) is 1.65. The third-order valence-corrected chi connectivity index (χ3v) is 8.56. The standard InChI is InChI=1S/C28H32ClN3O5S2.C5H10O2/c1-19(33)28(35)32-39(36,37)26-8-3-2-7-25(26)22-11-9-20(10-12-22)17-30-14-13-27(34)31-18-24(38)16-21-5-4-6-23(29)15-21;1-2-3-4-5(6)7/h2-12,15,19,24,30,33,38H,13-14,16-18H2,1H3,(H,31,34)(H,32,35);2-4H2,1H3,(H,6,7)/t19-,24+;/m0./s1. The van der Waals surface area contributed by atoms with Gasteiger partial charge in [-0.2, -0.15) is 12.6 Å². The lowest BCUT2D eigenvalue weighted by Crippen LogP contribution is -2.37. The monoisotopic (exact) mass is 691 g/mol. The largest absolute Gasteiger partial charge is 0.481 e. The van der Waals surface area contributed by atoms with Crippen molar-refractivity contribution in [3.63, 3.8) is 0 Å². The van der Waals surface area contributed by atoms with Gasteiger partial charge in [0, 0.05) is 48.3 Å². The van der Waals surface area contributed by atoms with Gasteiger partial charge in [0.2, 0.25) is 5.91 Å². The van der Waals surface area contributed by atoms with E-state index in [-0.39, 0.29) is 16.1 Å². The summed E-state index contributed by atoms with van der Waals surface area (Å²) in [5.74, 6) is -1.76. The summed E-state index contributed by atoms with van der Waals surface area (Å²) >= 11 is 10.6. The summed E-state index contributed by atoms with van der Waals surface area (Å²) in [7, 11) is -4.17. The zero-order chi connectivity index (χ0) is 34.1. The summed E-state index contributed by atoms with van der Waals surface area (Å²) < 4.78 is 27.3. The van der Waals surface area contributed by atoms with E-state index in [4.69, 9.17) is 16.7 Å². The number of hydrogen-bond donors (Lipinski definition) is 6. The van der Waals surface area contributed by atoms with Crippen molar-refractivity contribution in [3.05, 3.63) is 88.9 Å². The van der Waals surface area contributed by atoms with Crippen LogP contribution in [0.5, 0.6) is 0 Å². The molecule has 0 fully saturated rings. The van der Waals surface area contributed by atoms with Crippen molar-refractivity contribution < 1.29 is 33.0 Å². The molecule has 0 aliphatic carbocycles. The summed E-state index contributed by atoms with van der Waals surface area (Å²) in [4.78, 5) is 33.6. The minimum absolute atomic E-state index is 0.0199. The van der Waals surface area contributed by atoms with E-state index < -0.39 is 28.0 Å². The number of carboxylic acids is 1. The van der Waals surface area contributed by atoms with Crippen molar-refractivity contribution in [2.45, 2.75) is 68.7 Å². The van der Waals surface area contributed by atoms with Gasteiger partial charge < -0.3 is 20.8 Å². The quantitative estimate of drug-likeness (QED) is 0.0939. The van der Waals surface area contributed by atoms with Crippen LogP contribution in [-0.2, 0) is 37.4 Å². The molecule has 2 amide bonds. The topological polar surface area (TPSA) is 162 Å². The molecule has 250 valence electrons. The Morgan fingerprint density at radius 2 is 1.65 bits per heavy atom. The summed E-state index contributed by atoms with van der Waals surface area (Å²) in [6, 6.07) is 21.2. The van der Waals surface area contributed by atoms with E-state index in [9.17, 15) is 27.9 Å². The molecule has 0 radical (unpaired) electrons. The van der Waals surface area contributed by atoms with Crippen LogP contribution in [0.25, 0.3) is 11.1 Å². The Labute approximate surface area is 281 Å². The second-order valence-corrected chi connectivity index (χ2v) is 13.4. The van der Waals surface area contributed by atoms with Crippen LogP contribution in [-0.4, -0.2) is 60.9 Å². The number of unbranched alkanes of at least 4 members (excludes halogenated alkanes) is 1. The molecular weight excluding hydrogens is 650 g/mol. The van der Waals surface area contributed by atoms with Crippen LogP contribution >= 0.6 is 24.2 Å². The Hall–Kier alpha value is -3.42. The summed E-state index contributed by atoms with van der Waals surface area (Å²) in [5.41, 5.74) is 3.11. The lowest BCUT2D eigenvalue weighted by atomic mass is 10.0. The molecule has 2 atom stereocenters. The van der Waals surface area contributed by atoms with E-state index in [0.717, 1.165) is 24.0 Å². The van der Waals surface area contributed by atoms with E-state index >= 15 is 0 Å². The van der Waals surface area contributed by atoms with Gasteiger partial charge in [0.05, 0.1) is 4.90 Å². The number of carbonyl (C=O) groups excluding carboxylic acids is 2. The van der Waals surface area contributed by atoms with Crippen LogP contribution in [0.4, 0.5) is 0 Å². The van der Waals surface area contributed by atoms with Gasteiger partial charge in [0.25, 0.3) is 15.9 Å². The fraction of sp³-hybridized carbons (Fsp3) is 0.364. The number of thiol groups is 1. The molecule has 13 heteroatoms. The normalized spacial score (nSPS) is 12.3. The average Bonchev–Trinajstić information content (AvgIpc) is 3.01. The van der Waals surface area contributed by atoms with Crippen molar-refractivity contribution in [1.29, 1.82) is 0 Å². The van der Waals surface area contributed by atoms with Crippen LogP contribution in [0.3, 0.4) is 0 Å². The predicted molar refractivity (Wildman–Crippen MR) is 183 cm³/mol. The van der Waals surface area contributed by atoms with Gasteiger partial charge in [0.15, 0.2) is 0 Å². The SMILES string of the molecule is CCCCC(=O)O.C[C@H](O)C(=O)NS(=O)(=O)c1ccccc1-c1ccc(CNCCC(=O)NC[C@H](S)Cc2cccc(Cl)c2)cc1.